The predicted molar refractivity (Wildman–Crippen MR) is 115 cm³/mol. The molecule has 29 heavy (non-hydrogen) atoms. The summed E-state index contributed by atoms with van der Waals surface area (Å²) in [5.74, 6) is 3.62. The van der Waals surface area contributed by atoms with Gasteiger partial charge in [-0.15, -0.1) is 0 Å². The summed E-state index contributed by atoms with van der Waals surface area (Å²) in [5, 5.41) is 8.33. The number of fused-ring (bicyclic) bond motifs is 5. The zero-order valence-electron chi connectivity index (χ0n) is 17.5. The summed E-state index contributed by atoms with van der Waals surface area (Å²) in [6, 6.07) is 1.57. The van der Waals surface area contributed by atoms with E-state index in [2.05, 4.69) is 25.0 Å². The molecule has 0 unspecified atom stereocenters. The van der Waals surface area contributed by atoms with Crippen LogP contribution >= 0.6 is 0 Å². The predicted octanol–water partition coefficient (Wildman–Crippen LogP) is 4.00. The summed E-state index contributed by atoms with van der Waals surface area (Å²) in [6.45, 7) is 3.63. The average molecular weight is 395 g/mol. The van der Waals surface area contributed by atoms with Crippen LogP contribution in [-0.4, -0.2) is 56.8 Å². The molecule has 3 saturated heterocycles. The van der Waals surface area contributed by atoms with Crippen LogP contribution in [0.15, 0.2) is 12.5 Å². The van der Waals surface area contributed by atoms with E-state index >= 15 is 0 Å². The van der Waals surface area contributed by atoms with Crippen LogP contribution in [0.4, 0.5) is 5.82 Å². The largest absolute Gasteiger partial charge is 0.355 e. The fraction of sp³-hybridized carbons (Fsp3) is 0.783. The van der Waals surface area contributed by atoms with Crippen molar-refractivity contribution in [3.63, 3.8) is 0 Å². The van der Waals surface area contributed by atoms with Gasteiger partial charge in [-0.1, -0.05) is 38.5 Å². The summed E-state index contributed by atoms with van der Waals surface area (Å²) in [4.78, 5) is 14.6. The third-order valence-electron chi connectivity index (χ3n) is 8.45. The molecule has 0 aromatic carbocycles. The van der Waals surface area contributed by atoms with Gasteiger partial charge in [-0.05, 0) is 50.0 Å². The number of aromatic amines is 1. The van der Waals surface area contributed by atoms with Gasteiger partial charge in [0.2, 0.25) is 0 Å². The molecule has 1 N–H and O–H groups in total. The molecule has 1 saturated carbocycles. The molecule has 6 nitrogen and oxygen atoms in total. The van der Waals surface area contributed by atoms with Gasteiger partial charge < -0.3 is 4.90 Å². The molecule has 2 bridgehead atoms. The van der Waals surface area contributed by atoms with Gasteiger partial charge in [-0.3, -0.25) is 10.00 Å². The fourth-order valence-corrected chi connectivity index (χ4v) is 7.17. The highest BCUT2D eigenvalue weighted by atomic mass is 15.3. The Bertz CT molecular complexity index is 843. The average Bonchev–Trinajstić information content (AvgIpc) is 3.26. The van der Waals surface area contributed by atoms with Crippen molar-refractivity contribution in [2.75, 3.05) is 24.5 Å². The van der Waals surface area contributed by atoms with Gasteiger partial charge in [-0.2, -0.15) is 5.10 Å². The van der Waals surface area contributed by atoms with E-state index < -0.39 is 0 Å². The van der Waals surface area contributed by atoms with Crippen molar-refractivity contribution in [2.45, 2.75) is 76.3 Å². The Morgan fingerprint density at radius 3 is 2.76 bits per heavy atom. The van der Waals surface area contributed by atoms with Crippen molar-refractivity contribution >= 4 is 16.9 Å². The van der Waals surface area contributed by atoms with E-state index in [-0.39, 0.29) is 0 Å². The summed E-state index contributed by atoms with van der Waals surface area (Å²) in [5.41, 5.74) is 0.865. The molecule has 156 valence electrons. The van der Waals surface area contributed by atoms with Crippen molar-refractivity contribution in [3.8, 4) is 0 Å². The number of rotatable bonds is 3. The van der Waals surface area contributed by atoms with Gasteiger partial charge >= 0.3 is 0 Å². The van der Waals surface area contributed by atoms with Crippen molar-refractivity contribution in [1.82, 2.24) is 25.1 Å². The lowest BCUT2D eigenvalue weighted by Crippen LogP contribution is -2.64. The maximum absolute atomic E-state index is 4.72. The van der Waals surface area contributed by atoms with Crippen LogP contribution < -0.4 is 4.90 Å². The number of aromatic nitrogens is 4. The Labute approximate surface area is 173 Å². The minimum absolute atomic E-state index is 0.780. The Morgan fingerprint density at radius 1 is 0.966 bits per heavy atom. The van der Waals surface area contributed by atoms with Crippen LogP contribution in [0.25, 0.3) is 11.0 Å². The van der Waals surface area contributed by atoms with Crippen LogP contribution in [0.1, 0.15) is 64.2 Å². The van der Waals surface area contributed by atoms with Gasteiger partial charge in [0, 0.05) is 25.2 Å². The first kappa shape index (κ1) is 18.1. The maximum atomic E-state index is 4.72. The van der Waals surface area contributed by atoms with E-state index in [1.807, 2.05) is 6.20 Å². The number of hydrogen-bond acceptors (Lipinski definition) is 5. The number of nitrogens with zero attached hydrogens (tertiary/aromatic N) is 5. The summed E-state index contributed by atoms with van der Waals surface area (Å²) >= 11 is 0. The van der Waals surface area contributed by atoms with Gasteiger partial charge in [0.15, 0.2) is 5.65 Å². The van der Waals surface area contributed by atoms with E-state index in [9.17, 15) is 0 Å². The molecule has 5 heterocycles. The SMILES string of the molecule is c1nc(N2C[C@H]3C[C@@H](C2)[C@H](CC2CCCCC2)N2CCCC[C@@H]32)c2cn[nH]c2n1. The van der Waals surface area contributed by atoms with E-state index in [1.165, 1.54) is 70.8 Å². The normalized spacial score (nSPS) is 33.7. The molecule has 6 rings (SSSR count). The van der Waals surface area contributed by atoms with Crippen molar-refractivity contribution in [2.24, 2.45) is 17.8 Å². The second-order valence-electron chi connectivity index (χ2n) is 10.1. The molecule has 3 aliphatic heterocycles. The number of H-pyrrole nitrogens is 1. The first-order valence-corrected chi connectivity index (χ1v) is 12.0. The number of nitrogens with one attached hydrogen (secondary N) is 1. The van der Waals surface area contributed by atoms with E-state index in [0.29, 0.717) is 0 Å². The van der Waals surface area contributed by atoms with E-state index in [1.54, 1.807) is 6.33 Å². The first-order valence-electron chi connectivity index (χ1n) is 12.0. The lowest BCUT2D eigenvalue weighted by Gasteiger charge is -2.57. The van der Waals surface area contributed by atoms with Crippen molar-refractivity contribution in [1.29, 1.82) is 0 Å². The second kappa shape index (κ2) is 7.53. The minimum atomic E-state index is 0.780. The molecule has 0 radical (unpaired) electrons. The summed E-state index contributed by atoms with van der Waals surface area (Å²) in [6.07, 6.45) is 18.0. The van der Waals surface area contributed by atoms with Crippen LogP contribution in [0.2, 0.25) is 0 Å². The third-order valence-corrected chi connectivity index (χ3v) is 8.45. The monoisotopic (exact) mass is 394 g/mol. The third kappa shape index (κ3) is 3.24. The maximum Gasteiger partial charge on any atom is 0.160 e. The van der Waals surface area contributed by atoms with E-state index in [4.69, 9.17) is 4.98 Å². The van der Waals surface area contributed by atoms with E-state index in [0.717, 1.165) is 59.8 Å². The van der Waals surface area contributed by atoms with Crippen LogP contribution in [0.3, 0.4) is 0 Å². The standard InChI is InChI=1S/C23H34N6/c1-2-6-16(7-3-1)10-21-18-11-17(20-8-4-5-9-29(20)21)13-28(14-18)23-19-12-26-27-22(19)24-15-25-23/h12,15-18,20-21H,1-11,13-14H2,(H,24,25,26,27)/t17-,18+,20+,21+/m1/s1. The topological polar surface area (TPSA) is 60.9 Å². The molecule has 0 spiro atoms. The zero-order chi connectivity index (χ0) is 19.2. The van der Waals surface area contributed by atoms with Crippen LogP contribution in [0.5, 0.6) is 0 Å². The molecule has 0 amide bonds. The molecule has 4 fully saturated rings. The van der Waals surface area contributed by atoms with Gasteiger partial charge in [0.05, 0.1) is 11.6 Å². The Morgan fingerprint density at radius 2 is 1.83 bits per heavy atom. The molecule has 1 aliphatic carbocycles. The molecule has 2 aromatic rings. The lowest BCUT2D eigenvalue weighted by molar-refractivity contribution is -0.0426. The second-order valence-corrected chi connectivity index (χ2v) is 10.1. The molecular weight excluding hydrogens is 360 g/mol. The number of piperidine rings is 3. The highest BCUT2D eigenvalue weighted by molar-refractivity contribution is 5.86. The quantitative estimate of drug-likeness (QED) is 0.852. The first-order chi connectivity index (χ1) is 14.4. The molecule has 6 heteroatoms. The smallest absolute Gasteiger partial charge is 0.160 e. The van der Waals surface area contributed by atoms with Gasteiger partial charge in [-0.25, -0.2) is 9.97 Å². The van der Waals surface area contributed by atoms with Crippen molar-refractivity contribution in [3.05, 3.63) is 12.5 Å². The van der Waals surface area contributed by atoms with Crippen molar-refractivity contribution < 1.29 is 0 Å². The Balaban J connectivity index is 1.30. The van der Waals surface area contributed by atoms with Crippen LogP contribution in [0, 0.1) is 17.8 Å². The zero-order valence-corrected chi connectivity index (χ0v) is 17.5. The summed E-state index contributed by atoms with van der Waals surface area (Å²) < 4.78 is 0. The molecular formula is C23H34N6. The summed E-state index contributed by atoms with van der Waals surface area (Å²) in [7, 11) is 0. The Kier molecular flexibility index (Phi) is 4.70. The minimum Gasteiger partial charge on any atom is -0.355 e. The fourth-order valence-electron chi connectivity index (χ4n) is 7.17. The number of anilines is 1. The highest BCUT2D eigenvalue weighted by Gasteiger charge is 2.47. The Hall–Kier alpha value is -1.69. The number of hydrogen-bond donors (Lipinski definition) is 1. The highest BCUT2D eigenvalue weighted by Crippen LogP contribution is 2.45. The van der Waals surface area contributed by atoms with Gasteiger partial charge in [0.25, 0.3) is 0 Å². The molecule has 4 aliphatic rings. The van der Waals surface area contributed by atoms with Gasteiger partial charge in [0.1, 0.15) is 12.1 Å². The molecule has 2 aromatic heterocycles. The molecule has 4 atom stereocenters. The van der Waals surface area contributed by atoms with Crippen LogP contribution in [-0.2, 0) is 0 Å². The lowest BCUT2D eigenvalue weighted by atomic mass is 9.69.